The van der Waals surface area contributed by atoms with Gasteiger partial charge in [0.25, 0.3) is 0 Å². The standard InChI is InChI=1S/C17H16O4S/c1-20-11-5-6-13(14(8-11)17(18)19)16-7-10-3-4-12(21-2)9-15(10)22-16/h3-9,17-19H,1-2H3. The van der Waals surface area contributed by atoms with Gasteiger partial charge in [-0.25, -0.2) is 0 Å². The maximum Gasteiger partial charge on any atom is 0.179 e. The van der Waals surface area contributed by atoms with Crippen LogP contribution in [0, 0.1) is 0 Å². The lowest BCUT2D eigenvalue weighted by molar-refractivity contribution is -0.0421. The Hall–Kier alpha value is -2.08. The monoisotopic (exact) mass is 316 g/mol. The lowest BCUT2D eigenvalue weighted by atomic mass is 10.0. The summed E-state index contributed by atoms with van der Waals surface area (Å²) < 4.78 is 11.5. The Morgan fingerprint density at radius 2 is 1.59 bits per heavy atom. The van der Waals surface area contributed by atoms with E-state index in [1.165, 1.54) is 0 Å². The molecule has 5 heteroatoms. The molecule has 0 saturated carbocycles. The van der Waals surface area contributed by atoms with Crippen molar-refractivity contribution in [2.45, 2.75) is 6.29 Å². The van der Waals surface area contributed by atoms with Crippen LogP contribution in [0.15, 0.2) is 42.5 Å². The van der Waals surface area contributed by atoms with Crippen LogP contribution in [-0.4, -0.2) is 24.4 Å². The first-order valence-corrected chi connectivity index (χ1v) is 7.56. The van der Waals surface area contributed by atoms with Crippen LogP contribution < -0.4 is 9.47 Å². The van der Waals surface area contributed by atoms with Crippen LogP contribution in [0.2, 0.25) is 0 Å². The minimum atomic E-state index is -1.55. The number of ether oxygens (including phenoxy) is 2. The van der Waals surface area contributed by atoms with E-state index in [4.69, 9.17) is 9.47 Å². The van der Waals surface area contributed by atoms with E-state index in [0.717, 1.165) is 26.3 Å². The zero-order valence-electron chi connectivity index (χ0n) is 12.2. The quantitative estimate of drug-likeness (QED) is 0.723. The summed E-state index contributed by atoms with van der Waals surface area (Å²) in [6.45, 7) is 0. The Morgan fingerprint density at radius 1 is 0.909 bits per heavy atom. The predicted octanol–water partition coefficient (Wildman–Crippen LogP) is 3.57. The van der Waals surface area contributed by atoms with Crippen LogP contribution in [0.1, 0.15) is 11.9 Å². The number of rotatable bonds is 4. The van der Waals surface area contributed by atoms with Crippen molar-refractivity contribution in [3.05, 3.63) is 48.0 Å². The summed E-state index contributed by atoms with van der Waals surface area (Å²) in [4.78, 5) is 0.967. The van der Waals surface area contributed by atoms with Crippen LogP contribution >= 0.6 is 11.3 Å². The van der Waals surface area contributed by atoms with Crippen LogP contribution in [0.3, 0.4) is 0 Å². The van der Waals surface area contributed by atoms with Crippen molar-refractivity contribution in [3.63, 3.8) is 0 Å². The number of hydrogen-bond acceptors (Lipinski definition) is 5. The summed E-state index contributed by atoms with van der Waals surface area (Å²) in [5, 5.41) is 20.3. The Kier molecular flexibility index (Phi) is 4.02. The average molecular weight is 316 g/mol. The highest BCUT2D eigenvalue weighted by Crippen LogP contribution is 2.39. The molecule has 114 valence electrons. The first-order valence-electron chi connectivity index (χ1n) is 6.74. The Labute approximate surface area is 132 Å². The third-order valence-electron chi connectivity index (χ3n) is 3.53. The number of methoxy groups -OCH3 is 2. The van der Waals surface area contributed by atoms with E-state index in [0.29, 0.717) is 11.3 Å². The number of aliphatic hydroxyl groups excluding tert-OH is 1. The molecule has 0 unspecified atom stereocenters. The van der Waals surface area contributed by atoms with Crippen molar-refractivity contribution in [3.8, 4) is 21.9 Å². The Balaban J connectivity index is 2.14. The van der Waals surface area contributed by atoms with Crippen LogP contribution in [0.5, 0.6) is 11.5 Å². The zero-order valence-corrected chi connectivity index (χ0v) is 13.1. The van der Waals surface area contributed by atoms with E-state index >= 15 is 0 Å². The van der Waals surface area contributed by atoms with Crippen LogP contribution in [0.25, 0.3) is 20.5 Å². The van der Waals surface area contributed by atoms with Gasteiger partial charge in [0.15, 0.2) is 6.29 Å². The summed E-state index contributed by atoms with van der Waals surface area (Å²) in [7, 11) is 3.19. The van der Waals surface area contributed by atoms with Crippen molar-refractivity contribution in [2.75, 3.05) is 14.2 Å². The fourth-order valence-corrected chi connectivity index (χ4v) is 3.52. The summed E-state index contributed by atoms with van der Waals surface area (Å²) >= 11 is 1.58. The van der Waals surface area contributed by atoms with Gasteiger partial charge in [-0.15, -0.1) is 11.3 Å². The Bertz CT molecular complexity index is 808. The van der Waals surface area contributed by atoms with E-state index in [9.17, 15) is 10.2 Å². The van der Waals surface area contributed by atoms with Crippen molar-refractivity contribution >= 4 is 21.4 Å². The molecule has 0 fully saturated rings. The van der Waals surface area contributed by atoms with Crippen molar-refractivity contribution in [1.82, 2.24) is 0 Å². The maximum absolute atomic E-state index is 9.63. The molecule has 0 radical (unpaired) electrons. The molecule has 3 rings (SSSR count). The molecule has 0 aliphatic rings. The second-order valence-corrected chi connectivity index (χ2v) is 5.93. The molecule has 0 amide bonds. The molecule has 3 aromatic rings. The summed E-state index contributed by atoms with van der Waals surface area (Å²) in [6.07, 6.45) is -1.55. The van der Waals surface area contributed by atoms with E-state index in [1.54, 1.807) is 31.6 Å². The lowest BCUT2D eigenvalue weighted by Crippen LogP contribution is -1.98. The third kappa shape index (κ3) is 2.66. The summed E-state index contributed by atoms with van der Waals surface area (Å²) in [5.74, 6) is 1.40. The van der Waals surface area contributed by atoms with Gasteiger partial charge in [0.05, 0.1) is 14.2 Å². The third-order valence-corrected chi connectivity index (χ3v) is 4.66. The van der Waals surface area contributed by atoms with Crippen LogP contribution in [0.4, 0.5) is 0 Å². The molecular weight excluding hydrogens is 300 g/mol. The Morgan fingerprint density at radius 3 is 2.27 bits per heavy atom. The number of thiophene rings is 1. The average Bonchev–Trinajstić information content (AvgIpc) is 2.96. The van der Waals surface area contributed by atoms with Gasteiger partial charge in [0, 0.05) is 20.7 Å². The van der Waals surface area contributed by atoms with Crippen molar-refractivity contribution < 1.29 is 19.7 Å². The van der Waals surface area contributed by atoms with E-state index in [1.807, 2.05) is 36.4 Å². The topological polar surface area (TPSA) is 58.9 Å². The van der Waals surface area contributed by atoms with E-state index in [2.05, 4.69) is 0 Å². The second kappa shape index (κ2) is 5.96. The zero-order chi connectivity index (χ0) is 15.7. The molecule has 22 heavy (non-hydrogen) atoms. The molecule has 0 atom stereocenters. The van der Waals surface area contributed by atoms with Gasteiger partial charge in [-0.05, 0) is 47.9 Å². The van der Waals surface area contributed by atoms with Crippen molar-refractivity contribution in [2.24, 2.45) is 0 Å². The normalized spacial score (nSPS) is 11.1. The fourth-order valence-electron chi connectivity index (χ4n) is 2.38. The highest BCUT2D eigenvalue weighted by molar-refractivity contribution is 7.22. The smallest absolute Gasteiger partial charge is 0.179 e. The highest BCUT2D eigenvalue weighted by atomic mass is 32.1. The molecule has 2 aromatic carbocycles. The predicted molar refractivity (Wildman–Crippen MR) is 87.5 cm³/mol. The van der Waals surface area contributed by atoms with Gasteiger partial charge in [-0.2, -0.15) is 0 Å². The first kappa shape index (κ1) is 14.8. The van der Waals surface area contributed by atoms with E-state index in [-0.39, 0.29) is 0 Å². The van der Waals surface area contributed by atoms with Gasteiger partial charge in [-0.1, -0.05) is 0 Å². The molecular formula is C17H16O4S. The molecule has 0 spiro atoms. The largest absolute Gasteiger partial charge is 0.497 e. The van der Waals surface area contributed by atoms with Crippen molar-refractivity contribution in [1.29, 1.82) is 0 Å². The summed E-state index contributed by atoms with van der Waals surface area (Å²) in [5.41, 5.74) is 1.22. The molecule has 1 heterocycles. The number of hydrogen-bond donors (Lipinski definition) is 2. The van der Waals surface area contributed by atoms with Gasteiger partial charge < -0.3 is 19.7 Å². The minimum absolute atomic E-state index is 0.429. The van der Waals surface area contributed by atoms with Gasteiger partial charge in [0.1, 0.15) is 11.5 Å². The second-order valence-electron chi connectivity index (χ2n) is 4.84. The molecule has 2 N–H and O–H groups in total. The molecule has 4 nitrogen and oxygen atoms in total. The van der Waals surface area contributed by atoms with E-state index < -0.39 is 6.29 Å². The number of benzene rings is 2. The number of fused-ring (bicyclic) bond motifs is 1. The maximum atomic E-state index is 9.63. The number of aliphatic hydroxyl groups is 2. The molecule has 0 aliphatic heterocycles. The van der Waals surface area contributed by atoms with Crippen LogP contribution in [-0.2, 0) is 0 Å². The van der Waals surface area contributed by atoms with Gasteiger partial charge >= 0.3 is 0 Å². The molecule has 0 bridgehead atoms. The fraction of sp³-hybridized carbons (Fsp3) is 0.176. The summed E-state index contributed by atoms with van der Waals surface area (Å²) in [6, 6.07) is 13.2. The SMILES string of the molecule is COc1ccc(-c2cc3ccc(OC)cc3s2)c(C(O)O)c1. The molecule has 0 saturated heterocycles. The first-order chi connectivity index (χ1) is 10.6. The van der Waals surface area contributed by atoms with Gasteiger partial charge in [-0.3, -0.25) is 0 Å². The molecule has 1 aromatic heterocycles. The highest BCUT2D eigenvalue weighted by Gasteiger charge is 2.15. The minimum Gasteiger partial charge on any atom is -0.497 e. The lowest BCUT2D eigenvalue weighted by Gasteiger charge is -2.11. The molecule has 0 aliphatic carbocycles. The van der Waals surface area contributed by atoms with Gasteiger partial charge in [0.2, 0.25) is 0 Å².